The van der Waals surface area contributed by atoms with Crippen molar-refractivity contribution in [3.63, 3.8) is 0 Å². The highest BCUT2D eigenvalue weighted by Gasteiger charge is 2.23. The number of anilines is 2. The van der Waals surface area contributed by atoms with Crippen molar-refractivity contribution in [2.24, 2.45) is 0 Å². The maximum Gasteiger partial charge on any atom is 0.264 e. The molecule has 0 fully saturated rings. The van der Waals surface area contributed by atoms with E-state index in [1.807, 2.05) is 32.0 Å². The first-order chi connectivity index (χ1) is 15.8. The van der Waals surface area contributed by atoms with Crippen molar-refractivity contribution in [2.45, 2.75) is 32.1 Å². The second kappa shape index (κ2) is 9.11. The number of nitrogens with zero attached hydrogens (tertiary/aromatic N) is 1. The van der Waals surface area contributed by atoms with Gasteiger partial charge in [-0.15, -0.1) is 0 Å². The third kappa shape index (κ3) is 4.50. The molecule has 4 aromatic rings. The van der Waals surface area contributed by atoms with Gasteiger partial charge in [0.2, 0.25) is 5.91 Å². The fourth-order valence-electron chi connectivity index (χ4n) is 3.83. The second-order valence-electron chi connectivity index (χ2n) is 7.90. The van der Waals surface area contributed by atoms with Crippen LogP contribution >= 0.6 is 0 Å². The van der Waals surface area contributed by atoms with E-state index in [0.717, 1.165) is 27.7 Å². The second-order valence-corrected chi connectivity index (χ2v) is 9.76. The Morgan fingerprint density at radius 1 is 0.970 bits per heavy atom. The number of para-hydroxylation sites is 1. The van der Waals surface area contributed by atoms with Crippen molar-refractivity contribution in [3.8, 4) is 0 Å². The molecule has 0 atom stereocenters. The van der Waals surface area contributed by atoms with Gasteiger partial charge in [0.05, 0.1) is 23.3 Å². The number of aryl methyl sites for hydroxylation is 2. The van der Waals surface area contributed by atoms with Crippen molar-refractivity contribution in [3.05, 3.63) is 89.7 Å². The van der Waals surface area contributed by atoms with Crippen molar-refractivity contribution in [1.82, 2.24) is 0 Å². The topological polar surface area (TPSA) is 79.6 Å². The molecule has 4 rings (SSSR count). The maximum absolute atomic E-state index is 13.1. The zero-order valence-electron chi connectivity index (χ0n) is 18.8. The number of carbonyl (C=O) groups excluding carboxylic acids is 1. The van der Waals surface area contributed by atoms with E-state index in [9.17, 15) is 13.2 Å². The van der Waals surface area contributed by atoms with Gasteiger partial charge in [0.15, 0.2) is 0 Å². The Hall–Kier alpha value is -3.58. The van der Waals surface area contributed by atoms with E-state index in [2.05, 4.69) is 5.32 Å². The van der Waals surface area contributed by atoms with Crippen LogP contribution in [-0.4, -0.2) is 20.9 Å². The highest BCUT2D eigenvalue weighted by atomic mass is 32.2. The van der Waals surface area contributed by atoms with Gasteiger partial charge in [-0.25, -0.2) is 8.42 Å². The number of carbonyl (C=O) groups is 1. The molecule has 3 aromatic carbocycles. The summed E-state index contributed by atoms with van der Waals surface area (Å²) in [6, 6.07) is 19.2. The lowest BCUT2D eigenvalue weighted by atomic mass is 10.0. The van der Waals surface area contributed by atoms with E-state index in [1.54, 1.807) is 49.6 Å². The Kier molecular flexibility index (Phi) is 6.24. The van der Waals surface area contributed by atoms with Gasteiger partial charge in [-0.3, -0.25) is 9.10 Å². The zero-order chi connectivity index (χ0) is 23.6. The monoisotopic (exact) mass is 462 g/mol. The van der Waals surface area contributed by atoms with Gasteiger partial charge in [0, 0.05) is 23.2 Å². The minimum absolute atomic E-state index is 0.160. The Morgan fingerprint density at radius 2 is 1.67 bits per heavy atom. The molecule has 0 saturated carbocycles. The van der Waals surface area contributed by atoms with Gasteiger partial charge >= 0.3 is 0 Å². The normalized spacial score (nSPS) is 11.5. The highest BCUT2D eigenvalue weighted by molar-refractivity contribution is 7.92. The predicted molar refractivity (Wildman–Crippen MR) is 131 cm³/mol. The van der Waals surface area contributed by atoms with Crippen LogP contribution in [0.25, 0.3) is 11.0 Å². The van der Waals surface area contributed by atoms with E-state index >= 15 is 0 Å². The van der Waals surface area contributed by atoms with Crippen LogP contribution < -0.4 is 9.62 Å². The number of benzene rings is 3. The lowest BCUT2D eigenvalue weighted by Crippen LogP contribution is -2.30. The lowest BCUT2D eigenvalue weighted by molar-refractivity contribution is -0.115. The summed E-state index contributed by atoms with van der Waals surface area (Å²) >= 11 is 0. The van der Waals surface area contributed by atoms with Crippen LogP contribution in [0, 0.1) is 13.8 Å². The SMILES string of the molecule is CCN(c1ccccc1)S(=O)(=O)c1ccc(NC(=O)Cc2coc3c(C)c(C)ccc23)cc1. The molecule has 33 heavy (non-hydrogen) atoms. The van der Waals surface area contributed by atoms with E-state index in [1.165, 1.54) is 16.4 Å². The molecular formula is C26H26N2O4S. The molecule has 0 radical (unpaired) electrons. The van der Waals surface area contributed by atoms with Gasteiger partial charge in [-0.2, -0.15) is 0 Å². The first kappa shape index (κ1) is 22.6. The summed E-state index contributed by atoms with van der Waals surface area (Å²) < 4.78 is 33.3. The molecule has 170 valence electrons. The number of hydrogen-bond donors (Lipinski definition) is 1. The first-order valence-corrected chi connectivity index (χ1v) is 12.2. The van der Waals surface area contributed by atoms with Gasteiger partial charge in [-0.05, 0) is 68.3 Å². The lowest BCUT2D eigenvalue weighted by Gasteiger charge is -2.23. The Morgan fingerprint density at radius 3 is 2.33 bits per heavy atom. The zero-order valence-corrected chi connectivity index (χ0v) is 19.6. The molecule has 1 aromatic heterocycles. The number of amides is 1. The molecule has 0 aliphatic carbocycles. The molecule has 1 amide bonds. The Balaban J connectivity index is 1.48. The minimum atomic E-state index is -3.71. The average molecular weight is 463 g/mol. The van der Waals surface area contributed by atoms with Crippen LogP contribution in [0.5, 0.6) is 0 Å². The molecule has 0 aliphatic rings. The molecule has 7 heteroatoms. The van der Waals surface area contributed by atoms with Crippen LogP contribution in [0.1, 0.15) is 23.6 Å². The summed E-state index contributed by atoms with van der Waals surface area (Å²) in [4.78, 5) is 12.8. The minimum Gasteiger partial charge on any atom is -0.464 e. The number of rotatable bonds is 7. The largest absolute Gasteiger partial charge is 0.464 e. The number of nitrogens with one attached hydrogen (secondary N) is 1. The van der Waals surface area contributed by atoms with Gasteiger partial charge < -0.3 is 9.73 Å². The van der Waals surface area contributed by atoms with Gasteiger partial charge in [0.1, 0.15) is 5.58 Å². The van der Waals surface area contributed by atoms with Crippen molar-refractivity contribution >= 4 is 38.3 Å². The molecule has 0 unspecified atom stereocenters. The van der Waals surface area contributed by atoms with Crippen molar-refractivity contribution < 1.29 is 17.6 Å². The number of furan rings is 1. The first-order valence-electron chi connectivity index (χ1n) is 10.7. The van der Waals surface area contributed by atoms with Crippen LogP contribution in [0.4, 0.5) is 11.4 Å². The van der Waals surface area contributed by atoms with Crippen LogP contribution in [0.3, 0.4) is 0 Å². The predicted octanol–water partition coefficient (Wildman–Crippen LogP) is 5.45. The third-order valence-electron chi connectivity index (χ3n) is 5.75. The highest BCUT2D eigenvalue weighted by Crippen LogP contribution is 2.27. The van der Waals surface area contributed by atoms with Gasteiger partial charge in [-0.1, -0.05) is 30.3 Å². The standard InChI is InChI=1S/C26H26N2O4S/c1-4-28(22-8-6-5-7-9-22)33(30,31)23-13-11-21(12-14-23)27-25(29)16-20-17-32-26-19(3)18(2)10-15-24(20)26/h5-15,17H,4,16H2,1-3H3,(H,27,29). The smallest absolute Gasteiger partial charge is 0.264 e. The van der Waals surface area contributed by atoms with Crippen LogP contribution in [0.15, 0.2) is 82.3 Å². The van der Waals surface area contributed by atoms with Gasteiger partial charge in [0.25, 0.3) is 10.0 Å². The van der Waals surface area contributed by atoms with E-state index in [0.29, 0.717) is 17.9 Å². The summed E-state index contributed by atoms with van der Waals surface area (Å²) in [7, 11) is -3.71. The third-order valence-corrected chi connectivity index (χ3v) is 7.67. The fourth-order valence-corrected chi connectivity index (χ4v) is 5.30. The quantitative estimate of drug-likeness (QED) is 0.396. The van der Waals surface area contributed by atoms with E-state index < -0.39 is 10.0 Å². The van der Waals surface area contributed by atoms with E-state index in [4.69, 9.17) is 4.42 Å². The number of sulfonamides is 1. The Bertz CT molecular complexity index is 1390. The molecule has 1 N–H and O–H groups in total. The molecule has 0 aliphatic heterocycles. The summed E-state index contributed by atoms with van der Waals surface area (Å²) in [5.41, 5.74) is 4.94. The Labute approximate surface area is 193 Å². The number of fused-ring (bicyclic) bond motifs is 1. The summed E-state index contributed by atoms with van der Waals surface area (Å²) in [5, 5.41) is 3.76. The summed E-state index contributed by atoms with van der Waals surface area (Å²) in [5.74, 6) is -0.203. The molecular weight excluding hydrogens is 436 g/mol. The van der Waals surface area contributed by atoms with Crippen LogP contribution in [0.2, 0.25) is 0 Å². The molecule has 0 saturated heterocycles. The van der Waals surface area contributed by atoms with Crippen molar-refractivity contribution in [2.75, 3.05) is 16.2 Å². The van der Waals surface area contributed by atoms with E-state index in [-0.39, 0.29) is 17.2 Å². The fraction of sp³-hybridized carbons (Fsp3) is 0.192. The maximum atomic E-state index is 13.1. The molecule has 0 spiro atoms. The summed E-state index contributed by atoms with van der Waals surface area (Å²) in [6.07, 6.45) is 1.78. The van der Waals surface area contributed by atoms with Crippen molar-refractivity contribution in [1.29, 1.82) is 0 Å². The average Bonchev–Trinajstić information content (AvgIpc) is 3.21. The van der Waals surface area contributed by atoms with Crippen LogP contribution in [-0.2, 0) is 21.2 Å². The molecule has 0 bridgehead atoms. The summed E-state index contributed by atoms with van der Waals surface area (Å²) in [6.45, 7) is 6.12. The molecule has 1 heterocycles. The molecule has 6 nitrogen and oxygen atoms in total. The number of hydrogen-bond acceptors (Lipinski definition) is 4.